The molecule has 0 unspecified atom stereocenters. The van der Waals surface area contributed by atoms with Crippen molar-refractivity contribution in [1.82, 2.24) is 19.2 Å². The molecule has 2 heterocycles. The summed E-state index contributed by atoms with van der Waals surface area (Å²) in [6.07, 6.45) is 3.79. The molecule has 1 fully saturated rings. The van der Waals surface area contributed by atoms with Crippen LogP contribution in [0.3, 0.4) is 0 Å². The van der Waals surface area contributed by atoms with Crippen LogP contribution in [0.15, 0.2) is 23.1 Å². The number of piperidine rings is 1. The number of benzene rings is 1. The third kappa shape index (κ3) is 4.55. The molecule has 154 valence electrons. The lowest BCUT2D eigenvalue weighted by Crippen LogP contribution is -2.35. The van der Waals surface area contributed by atoms with Gasteiger partial charge in [0, 0.05) is 39.5 Å². The summed E-state index contributed by atoms with van der Waals surface area (Å²) in [5.74, 6) is 1.20. The Labute approximate surface area is 167 Å². The highest BCUT2D eigenvalue weighted by Crippen LogP contribution is 2.24. The van der Waals surface area contributed by atoms with E-state index in [9.17, 15) is 13.2 Å². The molecule has 2 aromatic rings. The summed E-state index contributed by atoms with van der Waals surface area (Å²) in [5.41, 5.74) is 1.52. The first kappa shape index (κ1) is 20.8. The van der Waals surface area contributed by atoms with E-state index in [1.165, 1.54) is 0 Å². The van der Waals surface area contributed by atoms with Crippen molar-refractivity contribution in [2.75, 3.05) is 19.6 Å². The average Bonchev–Trinajstić information content (AvgIpc) is 3.00. The second kappa shape index (κ2) is 8.61. The van der Waals surface area contributed by atoms with E-state index in [2.05, 4.69) is 24.1 Å². The Hall–Kier alpha value is -1.93. The molecule has 0 atom stereocenters. The van der Waals surface area contributed by atoms with E-state index in [1.807, 2.05) is 17.7 Å². The fourth-order valence-corrected chi connectivity index (χ4v) is 5.04. The van der Waals surface area contributed by atoms with E-state index in [-0.39, 0.29) is 5.91 Å². The van der Waals surface area contributed by atoms with Crippen LogP contribution in [0.4, 0.5) is 0 Å². The van der Waals surface area contributed by atoms with Crippen LogP contribution in [0.5, 0.6) is 0 Å². The number of hydrogen-bond donors (Lipinski definition) is 1. The lowest BCUT2D eigenvalue weighted by molar-refractivity contribution is -0.121. The fourth-order valence-electron chi connectivity index (χ4n) is 3.50. The van der Waals surface area contributed by atoms with Gasteiger partial charge in [-0.1, -0.05) is 20.3 Å². The van der Waals surface area contributed by atoms with Gasteiger partial charge in [-0.25, -0.2) is 13.4 Å². The highest BCUT2D eigenvalue weighted by molar-refractivity contribution is 7.89. The molecular weight excluding hydrogens is 376 g/mol. The SMILES string of the molecule is CC(C)CNC(=O)CCc1nc2cc(S(=O)(=O)N3CCCCC3)ccc2n1C. The molecule has 0 spiro atoms. The number of sulfonamides is 1. The van der Waals surface area contributed by atoms with Crippen LogP contribution in [0, 0.1) is 5.92 Å². The molecule has 7 nitrogen and oxygen atoms in total. The maximum atomic E-state index is 12.9. The van der Waals surface area contributed by atoms with Gasteiger partial charge in [-0.3, -0.25) is 4.79 Å². The van der Waals surface area contributed by atoms with E-state index >= 15 is 0 Å². The zero-order valence-electron chi connectivity index (χ0n) is 16.9. The molecule has 1 aromatic heterocycles. The Morgan fingerprint density at radius 1 is 1.21 bits per heavy atom. The van der Waals surface area contributed by atoms with Gasteiger partial charge in [0.05, 0.1) is 15.9 Å². The summed E-state index contributed by atoms with van der Waals surface area (Å²) >= 11 is 0. The molecule has 1 aliphatic rings. The number of nitrogens with one attached hydrogen (secondary N) is 1. The van der Waals surface area contributed by atoms with E-state index < -0.39 is 10.0 Å². The molecule has 0 bridgehead atoms. The maximum Gasteiger partial charge on any atom is 0.243 e. The fraction of sp³-hybridized carbons (Fsp3) is 0.600. The van der Waals surface area contributed by atoms with E-state index in [4.69, 9.17) is 0 Å². The van der Waals surface area contributed by atoms with Crippen LogP contribution in [-0.2, 0) is 28.3 Å². The first-order valence-electron chi connectivity index (χ1n) is 10.0. The molecule has 8 heteroatoms. The summed E-state index contributed by atoms with van der Waals surface area (Å²) in [7, 11) is -1.58. The van der Waals surface area contributed by atoms with Crippen LogP contribution in [0.1, 0.15) is 45.4 Å². The summed E-state index contributed by atoms with van der Waals surface area (Å²) in [6.45, 7) is 5.94. The van der Waals surface area contributed by atoms with Gasteiger partial charge in [0.1, 0.15) is 5.82 Å². The third-order valence-corrected chi connectivity index (χ3v) is 7.08. The lowest BCUT2D eigenvalue weighted by atomic mass is 10.2. The largest absolute Gasteiger partial charge is 0.356 e. The second-order valence-electron chi connectivity index (χ2n) is 7.90. The number of aromatic nitrogens is 2. The number of hydrogen-bond acceptors (Lipinski definition) is 4. The van der Waals surface area contributed by atoms with Gasteiger partial charge in [0.25, 0.3) is 0 Å². The Morgan fingerprint density at radius 2 is 1.93 bits per heavy atom. The van der Waals surface area contributed by atoms with Crippen LogP contribution in [-0.4, -0.2) is 47.8 Å². The Kier molecular flexibility index (Phi) is 6.40. The summed E-state index contributed by atoms with van der Waals surface area (Å²) in [4.78, 5) is 16.9. The van der Waals surface area contributed by atoms with Gasteiger partial charge < -0.3 is 9.88 Å². The molecule has 1 saturated heterocycles. The number of amides is 1. The zero-order chi connectivity index (χ0) is 20.3. The number of carbonyl (C=O) groups excluding carboxylic acids is 1. The van der Waals surface area contributed by atoms with Gasteiger partial charge in [0.15, 0.2) is 0 Å². The van der Waals surface area contributed by atoms with Crippen molar-refractivity contribution in [1.29, 1.82) is 0 Å². The number of imidazole rings is 1. The van der Waals surface area contributed by atoms with Crippen molar-refractivity contribution in [2.45, 2.75) is 50.8 Å². The zero-order valence-corrected chi connectivity index (χ0v) is 17.8. The van der Waals surface area contributed by atoms with Crippen molar-refractivity contribution in [3.05, 3.63) is 24.0 Å². The predicted octanol–water partition coefficient (Wildman–Crippen LogP) is 2.45. The highest BCUT2D eigenvalue weighted by Gasteiger charge is 2.26. The molecule has 0 saturated carbocycles. The Morgan fingerprint density at radius 3 is 2.61 bits per heavy atom. The number of rotatable bonds is 7. The smallest absolute Gasteiger partial charge is 0.243 e. The molecule has 28 heavy (non-hydrogen) atoms. The van der Waals surface area contributed by atoms with Crippen LogP contribution < -0.4 is 5.32 Å². The first-order valence-corrected chi connectivity index (χ1v) is 11.4. The minimum Gasteiger partial charge on any atom is -0.356 e. The highest BCUT2D eigenvalue weighted by atomic mass is 32.2. The van der Waals surface area contributed by atoms with Gasteiger partial charge in [-0.2, -0.15) is 4.31 Å². The lowest BCUT2D eigenvalue weighted by Gasteiger charge is -2.25. The number of nitrogens with zero attached hydrogens (tertiary/aromatic N) is 3. The van der Waals surface area contributed by atoms with Gasteiger partial charge in [-0.15, -0.1) is 0 Å². The second-order valence-corrected chi connectivity index (χ2v) is 9.84. The summed E-state index contributed by atoms with van der Waals surface area (Å²) < 4.78 is 29.3. The monoisotopic (exact) mass is 406 g/mol. The van der Waals surface area contributed by atoms with Gasteiger partial charge >= 0.3 is 0 Å². The van der Waals surface area contributed by atoms with Crippen molar-refractivity contribution < 1.29 is 13.2 Å². The number of aryl methyl sites for hydroxylation is 2. The van der Waals surface area contributed by atoms with Gasteiger partial charge in [0.2, 0.25) is 15.9 Å². The van der Waals surface area contributed by atoms with Crippen LogP contribution in [0.2, 0.25) is 0 Å². The van der Waals surface area contributed by atoms with Gasteiger partial charge in [-0.05, 0) is 37.0 Å². The van der Waals surface area contributed by atoms with E-state index in [0.29, 0.717) is 48.8 Å². The van der Waals surface area contributed by atoms with E-state index in [0.717, 1.165) is 30.6 Å². The first-order chi connectivity index (χ1) is 13.3. The van der Waals surface area contributed by atoms with Crippen molar-refractivity contribution >= 4 is 27.0 Å². The molecular formula is C20H30N4O3S. The standard InChI is InChI=1S/C20H30N4O3S/c1-15(2)14-21-20(25)10-9-19-22-17-13-16(7-8-18(17)23(19)3)28(26,27)24-11-5-4-6-12-24/h7-8,13,15H,4-6,9-12,14H2,1-3H3,(H,21,25). The minimum atomic E-state index is -3.48. The van der Waals surface area contributed by atoms with Crippen molar-refractivity contribution in [3.63, 3.8) is 0 Å². The average molecular weight is 407 g/mol. The van der Waals surface area contributed by atoms with E-state index in [1.54, 1.807) is 16.4 Å². The quantitative estimate of drug-likeness (QED) is 0.765. The third-order valence-electron chi connectivity index (χ3n) is 5.18. The van der Waals surface area contributed by atoms with Crippen molar-refractivity contribution in [2.24, 2.45) is 13.0 Å². The summed E-state index contributed by atoms with van der Waals surface area (Å²) in [5, 5.41) is 2.91. The Balaban J connectivity index is 1.77. The summed E-state index contributed by atoms with van der Waals surface area (Å²) in [6, 6.07) is 5.12. The molecule has 3 rings (SSSR count). The van der Waals surface area contributed by atoms with Crippen LogP contribution in [0.25, 0.3) is 11.0 Å². The molecule has 0 radical (unpaired) electrons. The molecule has 1 N–H and O–H groups in total. The normalized spacial score (nSPS) is 16.0. The topological polar surface area (TPSA) is 84.3 Å². The van der Waals surface area contributed by atoms with Crippen LogP contribution >= 0.6 is 0 Å². The minimum absolute atomic E-state index is 0.00845. The molecule has 1 aliphatic heterocycles. The number of carbonyl (C=O) groups is 1. The molecule has 0 aliphatic carbocycles. The molecule has 1 amide bonds. The predicted molar refractivity (Wildman–Crippen MR) is 109 cm³/mol. The molecule has 1 aromatic carbocycles. The Bertz CT molecular complexity index is 944. The van der Waals surface area contributed by atoms with Crippen molar-refractivity contribution in [3.8, 4) is 0 Å². The maximum absolute atomic E-state index is 12.9. The number of fused-ring (bicyclic) bond motifs is 1.